The van der Waals surface area contributed by atoms with Gasteiger partial charge in [-0.05, 0) is 11.6 Å². The predicted octanol–water partition coefficient (Wildman–Crippen LogP) is -0.113. The first kappa shape index (κ1) is 14.8. The van der Waals surface area contributed by atoms with Crippen LogP contribution in [0.3, 0.4) is 0 Å². The van der Waals surface area contributed by atoms with Gasteiger partial charge < -0.3 is 5.32 Å². The maximum absolute atomic E-state index is 12.1. The van der Waals surface area contributed by atoms with Gasteiger partial charge >= 0.3 is 0 Å². The Kier molecular flexibility index (Phi) is 5.00. The fraction of sp³-hybridized carbons (Fsp3) is 0.444. The van der Waals surface area contributed by atoms with Gasteiger partial charge in [0, 0.05) is 13.6 Å². The minimum absolute atomic E-state index is 0.0386. The van der Waals surface area contributed by atoms with E-state index in [0.29, 0.717) is 0 Å². The molecule has 0 aliphatic heterocycles. The number of nitrogens with one attached hydrogen (secondary N) is 1. The van der Waals surface area contributed by atoms with Crippen LogP contribution in [0.15, 0.2) is 17.3 Å². The number of carbonyl (C=O) groups excluding carboxylic acids is 1. The van der Waals surface area contributed by atoms with E-state index in [0.717, 1.165) is 16.7 Å². The first-order chi connectivity index (χ1) is 8.41. The normalized spacial score (nSPS) is 11.6. The average Bonchev–Trinajstić information content (AvgIpc) is 2.35. The highest BCUT2D eigenvalue weighted by atomic mass is 35.5. The minimum atomic E-state index is -3.78. The molecule has 100 valence electrons. The summed E-state index contributed by atoms with van der Waals surface area (Å²) >= 11 is 5.49. The standard InChI is InChI=1S/C9H13ClN4O3S/c1-3-14(6-8(15)11-2)18(16,17)7-4-12-9(10)13-5-7/h4-5H,3,6H2,1-2H3,(H,11,15). The molecule has 0 saturated heterocycles. The molecule has 9 heteroatoms. The molecule has 0 spiro atoms. The van der Waals surface area contributed by atoms with Crippen molar-refractivity contribution in [1.82, 2.24) is 19.6 Å². The lowest BCUT2D eigenvalue weighted by molar-refractivity contribution is -0.120. The summed E-state index contributed by atoms with van der Waals surface area (Å²) in [6, 6.07) is 0. The Bertz CT molecular complexity index is 517. The maximum atomic E-state index is 12.1. The topological polar surface area (TPSA) is 92.3 Å². The number of carbonyl (C=O) groups is 1. The van der Waals surface area contributed by atoms with Gasteiger partial charge in [0.2, 0.25) is 21.2 Å². The molecular formula is C9H13ClN4O3S. The van der Waals surface area contributed by atoms with Gasteiger partial charge in [0.05, 0.1) is 18.9 Å². The molecule has 0 atom stereocenters. The van der Waals surface area contributed by atoms with Crippen LogP contribution in [0.25, 0.3) is 0 Å². The highest BCUT2D eigenvalue weighted by Crippen LogP contribution is 2.14. The van der Waals surface area contributed by atoms with Crippen molar-refractivity contribution in [2.75, 3.05) is 20.1 Å². The Labute approximate surface area is 110 Å². The van der Waals surface area contributed by atoms with E-state index in [2.05, 4.69) is 15.3 Å². The number of aromatic nitrogens is 2. The Hall–Kier alpha value is -1.25. The van der Waals surface area contributed by atoms with Gasteiger partial charge in [-0.15, -0.1) is 0 Å². The minimum Gasteiger partial charge on any atom is -0.358 e. The molecule has 1 rings (SSSR count). The van der Waals surface area contributed by atoms with E-state index in [1.165, 1.54) is 7.05 Å². The van der Waals surface area contributed by atoms with Crippen molar-refractivity contribution < 1.29 is 13.2 Å². The van der Waals surface area contributed by atoms with Gasteiger partial charge in [0.1, 0.15) is 4.90 Å². The van der Waals surface area contributed by atoms with Crippen LogP contribution >= 0.6 is 11.6 Å². The third kappa shape index (κ3) is 3.37. The molecule has 0 aliphatic rings. The summed E-state index contributed by atoms with van der Waals surface area (Å²) < 4.78 is 25.3. The quantitative estimate of drug-likeness (QED) is 0.764. The molecule has 1 aromatic heterocycles. The molecule has 1 amide bonds. The molecule has 0 bridgehead atoms. The van der Waals surface area contributed by atoms with Crippen LogP contribution in [-0.2, 0) is 14.8 Å². The van der Waals surface area contributed by atoms with Crippen LogP contribution in [0.4, 0.5) is 0 Å². The third-order valence-electron chi connectivity index (χ3n) is 2.19. The van der Waals surface area contributed by atoms with E-state index in [4.69, 9.17) is 11.6 Å². The summed E-state index contributed by atoms with van der Waals surface area (Å²) in [5.74, 6) is -0.393. The molecule has 1 heterocycles. The molecule has 7 nitrogen and oxygen atoms in total. The van der Waals surface area contributed by atoms with E-state index in [1.807, 2.05) is 0 Å². The van der Waals surface area contributed by atoms with E-state index < -0.39 is 15.9 Å². The van der Waals surface area contributed by atoms with Crippen molar-refractivity contribution in [3.8, 4) is 0 Å². The third-order valence-corrected chi connectivity index (χ3v) is 4.25. The highest BCUT2D eigenvalue weighted by Gasteiger charge is 2.25. The molecule has 0 aliphatic carbocycles. The van der Waals surface area contributed by atoms with Crippen molar-refractivity contribution in [1.29, 1.82) is 0 Å². The van der Waals surface area contributed by atoms with E-state index in [1.54, 1.807) is 6.92 Å². The SMILES string of the molecule is CCN(CC(=O)NC)S(=O)(=O)c1cnc(Cl)nc1. The van der Waals surface area contributed by atoms with Gasteiger partial charge in [-0.25, -0.2) is 18.4 Å². The first-order valence-corrected chi connectivity index (χ1v) is 6.92. The zero-order chi connectivity index (χ0) is 13.8. The molecule has 1 N–H and O–H groups in total. The molecule has 0 saturated carbocycles. The number of hydrogen-bond acceptors (Lipinski definition) is 5. The number of amides is 1. The molecule has 18 heavy (non-hydrogen) atoms. The number of likely N-dealkylation sites (N-methyl/N-ethyl adjacent to an activating group) is 2. The molecular weight excluding hydrogens is 280 g/mol. The average molecular weight is 293 g/mol. The summed E-state index contributed by atoms with van der Waals surface area (Å²) in [5, 5.41) is 2.33. The molecule has 1 aromatic rings. The lowest BCUT2D eigenvalue weighted by Crippen LogP contribution is -2.39. The molecule has 0 aromatic carbocycles. The Morgan fingerprint density at radius 3 is 2.44 bits per heavy atom. The van der Waals surface area contributed by atoms with Crippen LogP contribution < -0.4 is 5.32 Å². The van der Waals surface area contributed by atoms with Crippen LogP contribution in [0.2, 0.25) is 5.28 Å². The monoisotopic (exact) mass is 292 g/mol. The van der Waals surface area contributed by atoms with Gasteiger partial charge in [-0.3, -0.25) is 4.79 Å². The van der Waals surface area contributed by atoms with Crippen molar-refractivity contribution in [3.05, 3.63) is 17.7 Å². The van der Waals surface area contributed by atoms with E-state index in [9.17, 15) is 13.2 Å². The fourth-order valence-corrected chi connectivity index (χ4v) is 2.58. The summed E-state index contributed by atoms with van der Waals surface area (Å²) in [4.78, 5) is 18.4. The van der Waals surface area contributed by atoms with Gasteiger partial charge in [-0.1, -0.05) is 6.92 Å². The van der Waals surface area contributed by atoms with Crippen molar-refractivity contribution in [2.45, 2.75) is 11.8 Å². The van der Waals surface area contributed by atoms with Crippen LogP contribution in [0, 0.1) is 0 Å². The summed E-state index contributed by atoms with van der Waals surface area (Å²) in [5.41, 5.74) is 0. The Morgan fingerprint density at radius 1 is 1.44 bits per heavy atom. The van der Waals surface area contributed by atoms with Gasteiger partial charge in [-0.2, -0.15) is 4.31 Å². The zero-order valence-corrected chi connectivity index (χ0v) is 11.5. The number of hydrogen-bond donors (Lipinski definition) is 1. The molecule has 0 unspecified atom stereocenters. The maximum Gasteiger partial charge on any atom is 0.246 e. The number of sulfonamides is 1. The number of rotatable bonds is 5. The second-order valence-electron chi connectivity index (χ2n) is 3.29. The number of nitrogens with zero attached hydrogens (tertiary/aromatic N) is 3. The number of halogens is 1. The lowest BCUT2D eigenvalue weighted by atomic mass is 10.5. The Morgan fingerprint density at radius 2 is 2.00 bits per heavy atom. The van der Waals surface area contributed by atoms with Crippen LogP contribution in [0.5, 0.6) is 0 Å². The van der Waals surface area contributed by atoms with E-state index >= 15 is 0 Å². The second-order valence-corrected chi connectivity index (χ2v) is 5.57. The van der Waals surface area contributed by atoms with Crippen molar-refractivity contribution >= 4 is 27.5 Å². The summed E-state index contributed by atoms with van der Waals surface area (Å²) in [6.45, 7) is 1.55. The lowest BCUT2D eigenvalue weighted by Gasteiger charge is -2.18. The summed E-state index contributed by atoms with van der Waals surface area (Å²) in [7, 11) is -2.35. The van der Waals surface area contributed by atoms with Gasteiger partial charge in [0.25, 0.3) is 0 Å². The first-order valence-electron chi connectivity index (χ1n) is 5.10. The van der Waals surface area contributed by atoms with Crippen LogP contribution in [-0.4, -0.2) is 48.7 Å². The largest absolute Gasteiger partial charge is 0.358 e. The van der Waals surface area contributed by atoms with Crippen molar-refractivity contribution in [2.24, 2.45) is 0 Å². The van der Waals surface area contributed by atoms with Gasteiger partial charge in [0.15, 0.2) is 0 Å². The summed E-state index contributed by atoms with van der Waals surface area (Å²) in [6.07, 6.45) is 2.22. The highest BCUT2D eigenvalue weighted by molar-refractivity contribution is 7.89. The Balaban J connectivity index is 3.03. The molecule has 0 fully saturated rings. The molecule has 0 radical (unpaired) electrons. The van der Waals surface area contributed by atoms with E-state index in [-0.39, 0.29) is 23.3 Å². The van der Waals surface area contributed by atoms with Crippen molar-refractivity contribution in [3.63, 3.8) is 0 Å². The van der Waals surface area contributed by atoms with Crippen LogP contribution in [0.1, 0.15) is 6.92 Å². The fourth-order valence-electron chi connectivity index (χ4n) is 1.19. The predicted molar refractivity (Wildman–Crippen MR) is 65.5 cm³/mol. The zero-order valence-electron chi connectivity index (χ0n) is 9.92. The smallest absolute Gasteiger partial charge is 0.246 e. The second kappa shape index (κ2) is 6.07.